The summed E-state index contributed by atoms with van der Waals surface area (Å²) in [5, 5.41) is 5.08. The van der Waals surface area contributed by atoms with Crippen molar-refractivity contribution in [1.82, 2.24) is 19.2 Å². The lowest BCUT2D eigenvalue weighted by molar-refractivity contribution is 0.0513. The van der Waals surface area contributed by atoms with E-state index in [4.69, 9.17) is 4.74 Å². The molecule has 1 amide bonds. The van der Waals surface area contributed by atoms with Gasteiger partial charge in [0.05, 0.1) is 18.7 Å². The maximum Gasteiger partial charge on any atom is 0.359 e. The van der Waals surface area contributed by atoms with Gasteiger partial charge >= 0.3 is 5.97 Å². The van der Waals surface area contributed by atoms with E-state index in [9.17, 15) is 14.4 Å². The molecular weight excluding hydrogens is 408 g/mol. The average molecular weight is 434 g/mol. The number of fused-ring (bicyclic) bond motifs is 2. The lowest BCUT2D eigenvalue weighted by Crippen LogP contribution is -2.39. The average Bonchev–Trinajstić information content (AvgIpc) is 3.55. The van der Waals surface area contributed by atoms with E-state index in [1.165, 1.54) is 12.8 Å². The van der Waals surface area contributed by atoms with Gasteiger partial charge in [0.2, 0.25) is 5.43 Å². The second-order valence-corrected chi connectivity index (χ2v) is 8.60. The molecule has 0 N–H and O–H groups in total. The van der Waals surface area contributed by atoms with Gasteiger partial charge in [-0.1, -0.05) is 12.1 Å². The molecule has 0 atom stereocenters. The molecule has 0 unspecified atom stereocenters. The first-order valence-corrected chi connectivity index (χ1v) is 11.1. The highest BCUT2D eigenvalue weighted by Gasteiger charge is 2.33. The molecule has 1 aliphatic carbocycles. The van der Waals surface area contributed by atoms with Gasteiger partial charge in [0.1, 0.15) is 5.56 Å². The number of benzene rings is 1. The molecule has 2 aromatic heterocycles. The van der Waals surface area contributed by atoms with E-state index in [0.29, 0.717) is 24.3 Å². The number of carbonyl (C=O) groups is 2. The second-order valence-electron chi connectivity index (χ2n) is 8.60. The van der Waals surface area contributed by atoms with Gasteiger partial charge in [-0.15, -0.1) is 0 Å². The van der Waals surface area contributed by atoms with Gasteiger partial charge in [-0.05, 0) is 37.8 Å². The number of rotatable bonds is 5. The zero-order valence-corrected chi connectivity index (χ0v) is 18.3. The Morgan fingerprint density at radius 1 is 1.22 bits per heavy atom. The highest BCUT2D eigenvalue weighted by molar-refractivity contribution is 5.97. The Bertz CT molecular complexity index is 1290. The maximum atomic E-state index is 13.4. The highest BCUT2D eigenvalue weighted by Crippen LogP contribution is 2.33. The predicted octanol–water partition coefficient (Wildman–Crippen LogP) is 2.52. The zero-order chi connectivity index (χ0) is 22.4. The molecule has 1 saturated carbocycles. The lowest BCUT2D eigenvalue weighted by Gasteiger charge is -2.28. The molecule has 3 aromatic rings. The van der Waals surface area contributed by atoms with E-state index in [2.05, 4.69) is 5.10 Å². The van der Waals surface area contributed by atoms with Crippen molar-refractivity contribution >= 4 is 22.8 Å². The van der Waals surface area contributed by atoms with E-state index in [1.807, 2.05) is 23.9 Å². The highest BCUT2D eigenvalue weighted by atomic mass is 16.5. The molecule has 1 fully saturated rings. The fourth-order valence-electron chi connectivity index (χ4n) is 4.49. The largest absolute Gasteiger partial charge is 0.461 e. The van der Waals surface area contributed by atoms with Gasteiger partial charge in [0.15, 0.2) is 5.69 Å². The van der Waals surface area contributed by atoms with E-state index in [0.717, 1.165) is 23.3 Å². The topological polar surface area (TPSA) is 86.4 Å². The summed E-state index contributed by atoms with van der Waals surface area (Å²) in [6.45, 7) is 3.53. The molecule has 0 spiro atoms. The fourth-order valence-corrected chi connectivity index (χ4v) is 4.49. The lowest BCUT2D eigenvalue weighted by atomic mass is 10.0. The Kier molecular flexibility index (Phi) is 5.07. The van der Waals surface area contributed by atoms with Gasteiger partial charge in [-0.3, -0.25) is 14.3 Å². The second kappa shape index (κ2) is 7.93. The minimum atomic E-state index is -0.464. The normalized spacial score (nSPS) is 15.6. The number of hydrogen-bond acceptors (Lipinski definition) is 5. The van der Waals surface area contributed by atoms with Crippen LogP contribution in [0.2, 0.25) is 0 Å². The van der Waals surface area contributed by atoms with Crippen LogP contribution in [0.15, 0.2) is 35.3 Å². The summed E-state index contributed by atoms with van der Waals surface area (Å²) in [5.74, 6) is -0.185. The number of ether oxygens (including phenoxy) is 1. The van der Waals surface area contributed by atoms with E-state index >= 15 is 0 Å². The van der Waals surface area contributed by atoms with Crippen LogP contribution in [0.4, 0.5) is 0 Å². The molecule has 1 aromatic carbocycles. The van der Waals surface area contributed by atoms with Crippen molar-refractivity contribution in [3.8, 4) is 0 Å². The van der Waals surface area contributed by atoms with Crippen molar-refractivity contribution < 1.29 is 14.3 Å². The van der Waals surface area contributed by atoms with Crippen molar-refractivity contribution in [2.24, 2.45) is 13.0 Å². The van der Waals surface area contributed by atoms with Crippen LogP contribution in [-0.4, -0.2) is 44.3 Å². The summed E-state index contributed by atoms with van der Waals surface area (Å²) >= 11 is 0. The minimum absolute atomic E-state index is 0.137. The monoisotopic (exact) mass is 434 g/mol. The Labute approximate surface area is 185 Å². The van der Waals surface area contributed by atoms with Gasteiger partial charge in [0.25, 0.3) is 5.91 Å². The first kappa shape index (κ1) is 20.5. The third-order valence-corrected chi connectivity index (χ3v) is 6.34. The zero-order valence-electron chi connectivity index (χ0n) is 18.3. The molecule has 8 nitrogen and oxygen atoms in total. The molecule has 0 bridgehead atoms. The third kappa shape index (κ3) is 3.49. The summed E-state index contributed by atoms with van der Waals surface area (Å²) in [7, 11) is 1.83. The molecule has 5 rings (SSSR count). The summed E-state index contributed by atoms with van der Waals surface area (Å²) in [4.78, 5) is 40.7. The number of aromatic nitrogens is 3. The molecule has 166 valence electrons. The van der Waals surface area contributed by atoms with E-state index < -0.39 is 5.97 Å². The number of carbonyl (C=O) groups excluding carboxylic acids is 2. The smallest absolute Gasteiger partial charge is 0.359 e. The van der Waals surface area contributed by atoms with Crippen molar-refractivity contribution in [2.45, 2.75) is 39.3 Å². The number of para-hydroxylation sites is 1. The molecule has 0 radical (unpaired) electrons. The number of pyridine rings is 1. The van der Waals surface area contributed by atoms with Gasteiger partial charge in [0, 0.05) is 49.4 Å². The number of esters is 1. The minimum Gasteiger partial charge on any atom is -0.461 e. The SMILES string of the molecule is CCOC(=O)c1nn(CC2CC2)c2c1CN(C(=O)c1cn(C)c3ccccc3c1=O)CC2. The summed E-state index contributed by atoms with van der Waals surface area (Å²) in [6, 6.07) is 7.26. The maximum absolute atomic E-state index is 13.4. The number of nitrogens with zero attached hydrogens (tertiary/aromatic N) is 4. The Morgan fingerprint density at radius 3 is 2.75 bits per heavy atom. The number of hydrogen-bond donors (Lipinski definition) is 0. The Morgan fingerprint density at radius 2 is 2.00 bits per heavy atom. The van der Waals surface area contributed by atoms with Crippen LogP contribution in [0.3, 0.4) is 0 Å². The first-order valence-electron chi connectivity index (χ1n) is 11.1. The Balaban J connectivity index is 1.50. The van der Waals surface area contributed by atoms with Crippen LogP contribution in [0, 0.1) is 5.92 Å². The molecule has 1 aliphatic heterocycles. The molecule has 3 heterocycles. The summed E-state index contributed by atoms with van der Waals surface area (Å²) < 4.78 is 8.95. The van der Waals surface area contributed by atoms with E-state index in [-0.39, 0.29) is 35.7 Å². The fraction of sp³-hybridized carbons (Fsp3) is 0.417. The van der Waals surface area contributed by atoms with Crippen molar-refractivity contribution in [1.29, 1.82) is 0 Å². The quantitative estimate of drug-likeness (QED) is 0.576. The molecular formula is C24H26N4O4. The number of amides is 1. The van der Waals surface area contributed by atoms with Gasteiger partial charge < -0.3 is 14.2 Å². The number of aryl methyl sites for hydroxylation is 1. The van der Waals surface area contributed by atoms with Crippen molar-refractivity contribution in [2.75, 3.05) is 13.2 Å². The molecule has 8 heteroatoms. The van der Waals surface area contributed by atoms with Crippen LogP contribution in [0.5, 0.6) is 0 Å². The van der Waals surface area contributed by atoms with Crippen molar-refractivity contribution in [3.05, 3.63) is 63.2 Å². The Hall–Kier alpha value is -3.42. The molecule has 2 aliphatic rings. The van der Waals surface area contributed by atoms with Gasteiger partial charge in [-0.25, -0.2) is 4.79 Å². The van der Waals surface area contributed by atoms with Crippen LogP contribution >= 0.6 is 0 Å². The molecule has 0 saturated heterocycles. The van der Waals surface area contributed by atoms with Crippen LogP contribution < -0.4 is 5.43 Å². The summed E-state index contributed by atoms with van der Waals surface area (Å²) in [5.41, 5.74) is 2.66. The van der Waals surface area contributed by atoms with Crippen LogP contribution in [0.1, 0.15) is 51.9 Å². The van der Waals surface area contributed by atoms with E-state index in [1.54, 1.807) is 34.7 Å². The van der Waals surface area contributed by atoms with Crippen LogP contribution in [0.25, 0.3) is 10.9 Å². The predicted molar refractivity (Wildman–Crippen MR) is 119 cm³/mol. The van der Waals surface area contributed by atoms with Gasteiger partial charge in [-0.2, -0.15) is 5.10 Å². The van der Waals surface area contributed by atoms with Crippen molar-refractivity contribution in [3.63, 3.8) is 0 Å². The standard InChI is InChI=1S/C24H26N4O4/c1-3-32-24(31)21-17-14-27(11-10-20(17)28(25-21)12-15-8-9-15)23(30)18-13-26(2)19-7-5-4-6-16(19)22(18)29/h4-7,13,15H,3,8-12,14H2,1-2H3. The van der Waals surface area contributed by atoms with Crippen LogP contribution in [-0.2, 0) is 31.3 Å². The summed E-state index contributed by atoms with van der Waals surface area (Å²) in [6.07, 6.45) is 4.55. The third-order valence-electron chi connectivity index (χ3n) is 6.34. The molecule has 32 heavy (non-hydrogen) atoms. The first-order chi connectivity index (χ1) is 15.5.